The first-order chi connectivity index (χ1) is 12.1. The normalized spacial score (nSPS) is 15.8. The summed E-state index contributed by atoms with van der Waals surface area (Å²) in [6, 6.07) is 5.32. The number of hydrogen-bond donors (Lipinski definition) is 2. The third kappa shape index (κ3) is 5.20. The molecule has 0 aromatic heterocycles. The first kappa shape index (κ1) is 17.3. The molecule has 0 bridgehead atoms. The van der Waals surface area contributed by atoms with Crippen molar-refractivity contribution in [1.29, 1.82) is 0 Å². The van der Waals surface area contributed by atoms with Gasteiger partial charge in [-0.2, -0.15) is 0 Å². The monoisotopic (exact) mass is 346 g/mol. The molecule has 2 amide bonds. The Morgan fingerprint density at radius 2 is 1.76 bits per heavy atom. The van der Waals surface area contributed by atoms with Crippen molar-refractivity contribution < 1.29 is 23.9 Å². The second-order valence-electron chi connectivity index (χ2n) is 6.25. The van der Waals surface area contributed by atoms with Crippen LogP contribution in [0.25, 0.3) is 0 Å². The van der Waals surface area contributed by atoms with Gasteiger partial charge in [-0.1, -0.05) is 0 Å². The van der Waals surface area contributed by atoms with E-state index in [4.69, 9.17) is 9.47 Å². The summed E-state index contributed by atoms with van der Waals surface area (Å²) in [6.45, 7) is 1.10. The number of Topliss-reactive ketones (excluding diaryl/α,β-unsaturated/α-hetero) is 1. The first-order valence-corrected chi connectivity index (χ1v) is 8.61. The predicted molar refractivity (Wildman–Crippen MR) is 89.8 cm³/mol. The molecule has 1 aliphatic carbocycles. The Balaban J connectivity index is 1.44. The highest BCUT2D eigenvalue weighted by molar-refractivity contribution is 5.98. The van der Waals surface area contributed by atoms with Gasteiger partial charge in [-0.05, 0) is 31.0 Å². The van der Waals surface area contributed by atoms with Crippen molar-refractivity contribution in [3.63, 3.8) is 0 Å². The molecule has 1 aliphatic heterocycles. The third-order valence-corrected chi connectivity index (χ3v) is 4.04. The maximum absolute atomic E-state index is 12.3. The van der Waals surface area contributed by atoms with Gasteiger partial charge in [0, 0.05) is 30.9 Å². The quantitative estimate of drug-likeness (QED) is 0.724. The maximum atomic E-state index is 12.3. The summed E-state index contributed by atoms with van der Waals surface area (Å²) in [5.74, 6) is 0.546. The van der Waals surface area contributed by atoms with Crippen molar-refractivity contribution >= 4 is 17.6 Å². The van der Waals surface area contributed by atoms with Crippen LogP contribution < -0.4 is 20.1 Å². The molecule has 1 aromatic carbocycles. The lowest BCUT2D eigenvalue weighted by Crippen LogP contribution is -2.37. The van der Waals surface area contributed by atoms with Crippen LogP contribution in [0.3, 0.4) is 0 Å². The number of fused-ring (bicyclic) bond motifs is 1. The van der Waals surface area contributed by atoms with E-state index in [1.807, 2.05) is 0 Å². The zero-order valence-electron chi connectivity index (χ0n) is 14.0. The highest BCUT2D eigenvalue weighted by Crippen LogP contribution is 2.30. The number of hydrogen-bond acceptors (Lipinski definition) is 5. The Labute approximate surface area is 146 Å². The SMILES string of the molecule is O=C(CCC(=O)c1ccc2c(c1)OCCCO2)NCC(=O)NC1CC1. The minimum absolute atomic E-state index is 0.0456. The Bertz CT molecular complexity index is 669. The molecule has 1 heterocycles. The standard InChI is InChI=1S/C18H22N2O5/c21-14(5-7-17(22)19-11-18(23)20-13-3-4-13)12-2-6-15-16(10-12)25-9-1-8-24-15/h2,6,10,13H,1,3-5,7-9,11H2,(H,19,22)(H,20,23). The van der Waals surface area contributed by atoms with Crippen molar-refractivity contribution in [3.05, 3.63) is 23.8 Å². The molecule has 0 spiro atoms. The Hall–Kier alpha value is -2.57. The first-order valence-electron chi connectivity index (χ1n) is 8.61. The summed E-state index contributed by atoms with van der Waals surface area (Å²) in [5.41, 5.74) is 0.489. The fourth-order valence-corrected chi connectivity index (χ4v) is 2.48. The van der Waals surface area contributed by atoms with Gasteiger partial charge >= 0.3 is 0 Å². The highest BCUT2D eigenvalue weighted by Gasteiger charge is 2.23. The number of rotatable bonds is 7. The molecule has 2 aliphatic rings. The van der Waals surface area contributed by atoms with Gasteiger partial charge in [-0.25, -0.2) is 0 Å². The minimum atomic E-state index is -0.311. The average Bonchev–Trinajstić information content (AvgIpc) is 3.43. The molecule has 1 aromatic rings. The van der Waals surface area contributed by atoms with E-state index in [0.717, 1.165) is 19.3 Å². The van der Waals surface area contributed by atoms with Crippen molar-refractivity contribution in [2.75, 3.05) is 19.8 Å². The smallest absolute Gasteiger partial charge is 0.239 e. The van der Waals surface area contributed by atoms with Gasteiger partial charge in [0.05, 0.1) is 19.8 Å². The summed E-state index contributed by atoms with van der Waals surface area (Å²) in [6.07, 6.45) is 2.93. The van der Waals surface area contributed by atoms with Gasteiger partial charge in [0.1, 0.15) is 0 Å². The van der Waals surface area contributed by atoms with E-state index in [2.05, 4.69) is 10.6 Å². The summed E-state index contributed by atoms with van der Waals surface area (Å²) in [7, 11) is 0. The Kier molecular flexibility index (Phi) is 5.53. The van der Waals surface area contributed by atoms with Crippen molar-refractivity contribution in [2.45, 2.75) is 38.1 Å². The zero-order valence-corrected chi connectivity index (χ0v) is 14.0. The molecule has 2 N–H and O–H groups in total. The molecule has 25 heavy (non-hydrogen) atoms. The molecule has 1 fully saturated rings. The van der Waals surface area contributed by atoms with Crippen LogP contribution in [-0.2, 0) is 9.59 Å². The maximum Gasteiger partial charge on any atom is 0.239 e. The van der Waals surface area contributed by atoms with Gasteiger partial charge in [0.2, 0.25) is 11.8 Å². The molecule has 3 rings (SSSR count). The summed E-state index contributed by atoms with van der Waals surface area (Å²) in [4.78, 5) is 35.5. The zero-order chi connectivity index (χ0) is 17.6. The van der Waals surface area contributed by atoms with Crippen LogP contribution in [0, 0.1) is 0 Å². The van der Waals surface area contributed by atoms with Crippen LogP contribution in [0.4, 0.5) is 0 Å². The number of ether oxygens (including phenoxy) is 2. The lowest BCUT2D eigenvalue weighted by molar-refractivity contribution is -0.126. The number of amides is 2. The van der Waals surface area contributed by atoms with E-state index >= 15 is 0 Å². The fourth-order valence-electron chi connectivity index (χ4n) is 2.48. The lowest BCUT2D eigenvalue weighted by Gasteiger charge is -2.09. The topological polar surface area (TPSA) is 93.7 Å². The largest absolute Gasteiger partial charge is 0.490 e. The molecule has 7 nitrogen and oxygen atoms in total. The van der Waals surface area contributed by atoms with Crippen LogP contribution in [0.5, 0.6) is 11.5 Å². The lowest BCUT2D eigenvalue weighted by atomic mass is 10.1. The molecule has 134 valence electrons. The summed E-state index contributed by atoms with van der Waals surface area (Å²) >= 11 is 0. The van der Waals surface area contributed by atoms with E-state index in [-0.39, 0.29) is 43.0 Å². The highest BCUT2D eigenvalue weighted by atomic mass is 16.5. The van der Waals surface area contributed by atoms with E-state index in [0.29, 0.717) is 30.3 Å². The summed E-state index contributed by atoms with van der Waals surface area (Å²) in [5, 5.41) is 5.32. The predicted octanol–water partition coefficient (Wildman–Crippen LogP) is 1.21. The average molecular weight is 346 g/mol. The van der Waals surface area contributed by atoms with Crippen LogP contribution in [-0.4, -0.2) is 43.4 Å². The minimum Gasteiger partial charge on any atom is -0.490 e. The molecule has 0 atom stereocenters. The molecule has 0 radical (unpaired) electrons. The van der Waals surface area contributed by atoms with E-state index in [9.17, 15) is 14.4 Å². The Morgan fingerprint density at radius 3 is 2.52 bits per heavy atom. The molecule has 7 heteroatoms. The third-order valence-electron chi connectivity index (χ3n) is 4.04. The van der Waals surface area contributed by atoms with Crippen LogP contribution in [0.1, 0.15) is 42.5 Å². The van der Waals surface area contributed by atoms with Gasteiger partial charge in [-0.3, -0.25) is 14.4 Å². The number of benzene rings is 1. The number of nitrogens with one attached hydrogen (secondary N) is 2. The second kappa shape index (κ2) is 8.00. The molecular formula is C18H22N2O5. The molecule has 1 saturated carbocycles. The summed E-state index contributed by atoms with van der Waals surface area (Å²) < 4.78 is 11.1. The number of ketones is 1. The van der Waals surface area contributed by atoms with E-state index in [1.54, 1.807) is 18.2 Å². The van der Waals surface area contributed by atoms with Crippen LogP contribution >= 0.6 is 0 Å². The van der Waals surface area contributed by atoms with Gasteiger partial charge in [0.15, 0.2) is 17.3 Å². The second-order valence-corrected chi connectivity index (χ2v) is 6.25. The molecular weight excluding hydrogens is 324 g/mol. The molecule has 0 unspecified atom stereocenters. The Morgan fingerprint density at radius 1 is 1.00 bits per heavy atom. The van der Waals surface area contributed by atoms with Crippen LogP contribution in [0.15, 0.2) is 18.2 Å². The van der Waals surface area contributed by atoms with Gasteiger partial charge < -0.3 is 20.1 Å². The fraction of sp³-hybridized carbons (Fsp3) is 0.500. The van der Waals surface area contributed by atoms with Gasteiger partial charge in [-0.15, -0.1) is 0 Å². The molecule has 0 saturated heterocycles. The number of carbonyl (C=O) groups excluding carboxylic acids is 3. The van der Waals surface area contributed by atoms with Gasteiger partial charge in [0.25, 0.3) is 0 Å². The van der Waals surface area contributed by atoms with Crippen molar-refractivity contribution in [3.8, 4) is 11.5 Å². The van der Waals surface area contributed by atoms with Crippen LogP contribution in [0.2, 0.25) is 0 Å². The number of carbonyl (C=O) groups is 3. The van der Waals surface area contributed by atoms with Crippen molar-refractivity contribution in [2.24, 2.45) is 0 Å². The van der Waals surface area contributed by atoms with Crippen molar-refractivity contribution in [1.82, 2.24) is 10.6 Å². The van der Waals surface area contributed by atoms with E-state index < -0.39 is 0 Å². The van der Waals surface area contributed by atoms with E-state index in [1.165, 1.54) is 0 Å².